The maximum atomic E-state index is 13.2. The zero-order valence-electron chi connectivity index (χ0n) is 18.3. The van der Waals surface area contributed by atoms with Crippen molar-refractivity contribution in [2.75, 3.05) is 26.2 Å². The molecule has 2 aliphatic rings. The molecule has 0 atom stereocenters. The van der Waals surface area contributed by atoms with Crippen molar-refractivity contribution < 1.29 is 18.0 Å². The highest BCUT2D eigenvalue weighted by molar-refractivity contribution is 7.89. The molecule has 0 unspecified atom stereocenters. The highest BCUT2D eigenvalue weighted by atomic mass is 32.2. The van der Waals surface area contributed by atoms with Crippen LogP contribution in [0, 0.1) is 6.92 Å². The largest absolute Gasteiger partial charge is 0.337 e. The zero-order chi connectivity index (χ0) is 23.2. The first-order chi connectivity index (χ1) is 15.9. The molecular weight excluding hydrogens is 436 g/mol. The van der Waals surface area contributed by atoms with Crippen molar-refractivity contribution in [1.29, 1.82) is 0 Å². The molecule has 3 aromatic carbocycles. The Hall–Kier alpha value is -3.29. The lowest BCUT2D eigenvalue weighted by Crippen LogP contribution is -2.37. The Labute approximate surface area is 193 Å². The number of carbonyl (C=O) groups excluding carboxylic acids is 2. The predicted octanol–water partition coefficient (Wildman–Crippen LogP) is 3.74. The maximum absolute atomic E-state index is 13.2. The summed E-state index contributed by atoms with van der Waals surface area (Å²) in [6, 6.07) is 19.5. The average molecular weight is 461 g/mol. The van der Waals surface area contributed by atoms with Gasteiger partial charge in [0.1, 0.15) is 0 Å². The third kappa shape index (κ3) is 3.77. The van der Waals surface area contributed by atoms with Crippen LogP contribution in [0.25, 0.3) is 11.1 Å². The zero-order valence-corrected chi connectivity index (χ0v) is 19.1. The van der Waals surface area contributed by atoms with Crippen LogP contribution in [0.5, 0.6) is 0 Å². The van der Waals surface area contributed by atoms with Crippen LogP contribution in [0.3, 0.4) is 0 Å². The van der Waals surface area contributed by atoms with E-state index in [0.717, 1.165) is 16.7 Å². The summed E-state index contributed by atoms with van der Waals surface area (Å²) in [4.78, 5) is 28.0. The molecule has 1 heterocycles. The van der Waals surface area contributed by atoms with Crippen LogP contribution in [0.1, 0.15) is 38.3 Å². The van der Waals surface area contributed by atoms with Crippen LogP contribution in [-0.2, 0) is 10.0 Å². The molecule has 0 saturated carbocycles. The van der Waals surface area contributed by atoms with Crippen LogP contribution >= 0.6 is 0 Å². The molecule has 7 heteroatoms. The summed E-state index contributed by atoms with van der Waals surface area (Å²) in [5.41, 5.74) is 4.38. The van der Waals surface area contributed by atoms with Crippen molar-refractivity contribution in [3.63, 3.8) is 0 Å². The van der Waals surface area contributed by atoms with Crippen LogP contribution < -0.4 is 0 Å². The normalized spacial score (nSPS) is 16.3. The van der Waals surface area contributed by atoms with Crippen molar-refractivity contribution in [2.24, 2.45) is 0 Å². The number of fused-ring (bicyclic) bond motifs is 3. The van der Waals surface area contributed by atoms with Crippen LogP contribution in [0.15, 0.2) is 71.6 Å². The van der Waals surface area contributed by atoms with E-state index in [9.17, 15) is 18.0 Å². The molecule has 0 N–H and O–H groups in total. The predicted molar refractivity (Wildman–Crippen MR) is 126 cm³/mol. The van der Waals surface area contributed by atoms with Crippen molar-refractivity contribution in [1.82, 2.24) is 9.21 Å². The molecule has 33 heavy (non-hydrogen) atoms. The van der Waals surface area contributed by atoms with Gasteiger partial charge in [-0.25, -0.2) is 8.42 Å². The fourth-order valence-corrected chi connectivity index (χ4v) is 6.01. The van der Waals surface area contributed by atoms with Crippen molar-refractivity contribution >= 4 is 21.7 Å². The third-order valence-corrected chi connectivity index (χ3v) is 8.29. The van der Waals surface area contributed by atoms with Crippen molar-refractivity contribution in [3.05, 3.63) is 89.0 Å². The lowest BCUT2D eigenvalue weighted by molar-refractivity contribution is 0.0764. The number of aryl methyl sites for hydroxylation is 1. The van der Waals surface area contributed by atoms with Gasteiger partial charge in [-0.05, 0) is 48.7 Å². The number of rotatable bonds is 3. The summed E-state index contributed by atoms with van der Waals surface area (Å²) >= 11 is 0. The molecule has 1 saturated heterocycles. The second-order valence-corrected chi connectivity index (χ2v) is 10.4. The molecular formula is C26H24N2O4S. The van der Waals surface area contributed by atoms with E-state index in [4.69, 9.17) is 0 Å². The molecule has 1 aliphatic heterocycles. The Morgan fingerprint density at radius 1 is 0.788 bits per heavy atom. The van der Waals surface area contributed by atoms with Crippen LogP contribution in [0.4, 0.5) is 0 Å². The second kappa shape index (κ2) is 8.24. The minimum atomic E-state index is -3.61. The van der Waals surface area contributed by atoms with Gasteiger partial charge in [0.15, 0.2) is 5.78 Å². The number of ketones is 1. The van der Waals surface area contributed by atoms with E-state index in [2.05, 4.69) is 0 Å². The van der Waals surface area contributed by atoms with Gasteiger partial charge in [0.05, 0.1) is 4.90 Å². The van der Waals surface area contributed by atoms with Gasteiger partial charge < -0.3 is 4.90 Å². The topological polar surface area (TPSA) is 74.8 Å². The fourth-order valence-electron chi connectivity index (χ4n) is 4.54. The van der Waals surface area contributed by atoms with E-state index in [1.165, 1.54) is 4.31 Å². The van der Waals surface area contributed by atoms with E-state index in [1.807, 2.05) is 31.2 Å². The molecule has 0 aromatic heterocycles. The minimum Gasteiger partial charge on any atom is -0.337 e. The van der Waals surface area contributed by atoms with Gasteiger partial charge in [0.25, 0.3) is 5.91 Å². The Morgan fingerprint density at radius 3 is 2.24 bits per heavy atom. The molecule has 3 aromatic rings. The van der Waals surface area contributed by atoms with Gasteiger partial charge in [0, 0.05) is 42.9 Å². The first kappa shape index (κ1) is 21.6. The molecule has 1 aliphatic carbocycles. The van der Waals surface area contributed by atoms with Crippen molar-refractivity contribution in [3.8, 4) is 11.1 Å². The number of hydrogen-bond donors (Lipinski definition) is 0. The van der Waals surface area contributed by atoms with Gasteiger partial charge in [-0.1, -0.05) is 48.0 Å². The first-order valence-electron chi connectivity index (χ1n) is 11.0. The number of hydrogen-bond acceptors (Lipinski definition) is 4. The van der Waals surface area contributed by atoms with E-state index in [0.29, 0.717) is 42.7 Å². The van der Waals surface area contributed by atoms with Gasteiger partial charge in [-0.15, -0.1) is 0 Å². The lowest BCUT2D eigenvalue weighted by Gasteiger charge is -2.22. The molecule has 5 rings (SSSR count). The monoisotopic (exact) mass is 460 g/mol. The second-order valence-electron chi connectivity index (χ2n) is 8.50. The Bertz CT molecular complexity index is 1360. The van der Waals surface area contributed by atoms with Gasteiger partial charge in [-0.2, -0.15) is 4.31 Å². The fraction of sp³-hybridized carbons (Fsp3) is 0.231. The number of benzene rings is 3. The molecule has 0 radical (unpaired) electrons. The van der Waals surface area contributed by atoms with E-state index in [1.54, 1.807) is 47.4 Å². The molecule has 168 valence electrons. The van der Waals surface area contributed by atoms with Gasteiger partial charge in [-0.3, -0.25) is 9.59 Å². The molecule has 1 amide bonds. The Kier molecular flexibility index (Phi) is 5.38. The summed E-state index contributed by atoms with van der Waals surface area (Å²) in [7, 11) is -3.61. The van der Waals surface area contributed by atoms with Crippen LogP contribution in [-0.4, -0.2) is 55.5 Å². The first-order valence-corrected chi connectivity index (χ1v) is 12.4. The van der Waals surface area contributed by atoms with Crippen molar-refractivity contribution in [2.45, 2.75) is 18.2 Å². The van der Waals surface area contributed by atoms with Gasteiger partial charge in [0.2, 0.25) is 10.0 Å². The molecule has 1 fully saturated rings. The number of nitrogens with zero attached hydrogens (tertiary/aromatic N) is 2. The lowest BCUT2D eigenvalue weighted by atomic mass is 10.0. The van der Waals surface area contributed by atoms with E-state index >= 15 is 0 Å². The standard InChI is InChI=1S/C26H24N2O4S/c1-18-7-10-20(11-8-18)33(31,32)28-14-4-13-27(15-16-28)26(30)19-9-12-22-21-5-2-3-6-23(21)25(29)24(22)17-19/h2-3,5-12,17H,4,13-16H2,1H3. The number of carbonyl (C=O) groups is 2. The van der Waals surface area contributed by atoms with Crippen LogP contribution in [0.2, 0.25) is 0 Å². The van der Waals surface area contributed by atoms with E-state index in [-0.39, 0.29) is 23.1 Å². The smallest absolute Gasteiger partial charge is 0.253 e. The quantitative estimate of drug-likeness (QED) is 0.467. The minimum absolute atomic E-state index is 0.0681. The van der Waals surface area contributed by atoms with Gasteiger partial charge >= 0.3 is 0 Å². The molecule has 0 spiro atoms. The number of amides is 1. The molecule has 0 bridgehead atoms. The third-order valence-electron chi connectivity index (χ3n) is 6.37. The summed E-state index contributed by atoms with van der Waals surface area (Å²) < 4.78 is 27.6. The highest BCUT2D eigenvalue weighted by Crippen LogP contribution is 2.36. The Morgan fingerprint density at radius 2 is 1.48 bits per heavy atom. The summed E-state index contributed by atoms with van der Waals surface area (Å²) in [6.45, 7) is 3.27. The Balaban J connectivity index is 1.34. The summed E-state index contributed by atoms with van der Waals surface area (Å²) in [5, 5.41) is 0. The maximum Gasteiger partial charge on any atom is 0.253 e. The van der Waals surface area contributed by atoms with E-state index < -0.39 is 10.0 Å². The summed E-state index contributed by atoms with van der Waals surface area (Å²) in [6.07, 6.45) is 0.548. The SMILES string of the molecule is Cc1ccc(S(=O)(=O)N2CCCN(C(=O)c3ccc4c(c3)C(=O)c3ccccc3-4)CC2)cc1. The number of sulfonamides is 1. The highest BCUT2D eigenvalue weighted by Gasteiger charge is 2.30. The summed E-state index contributed by atoms with van der Waals surface area (Å²) in [5.74, 6) is -0.252. The average Bonchev–Trinajstić information content (AvgIpc) is 2.97. The molecule has 6 nitrogen and oxygen atoms in total.